The standard InChI is InChI=1S/C23H29FN2O3/c1-4-5-13-29-18-10-8-9-17(14-18)15-25-23(28)21(16(2)3)26-22(27)19-11-6-7-12-20(19)24/h6-12,14,16,21H,4-5,13,15H2,1-3H3,(H,25,28)(H,26,27). The van der Waals surface area contributed by atoms with Crippen molar-refractivity contribution in [3.8, 4) is 5.75 Å². The maximum Gasteiger partial charge on any atom is 0.254 e. The molecule has 2 amide bonds. The Labute approximate surface area is 171 Å². The molecule has 2 N–H and O–H groups in total. The van der Waals surface area contributed by atoms with Crippen molar-refractivity contribution in [2.75, 3.05) is 6.61 Å². The molecule has 2 rings (SSSR count). The molecule has 0 saturated heterocycles. The van der Waals surface area contributed by atoms with Gasteiger partial charge in [-0.05, 0) is 42.2 Å². The van der Waals surface area contributed by atoms with Crippen molar-refractivity contribution in [1.82, 2.24) is 10.6 Å². The molecule has 1 unspecified atom stereocenters. The van der Waals surface area contributed by atoms with Crippen LogP contribution in [0.4, 0.5) is 4.39 Å². The lowest BCUT2D eigenvalue weighted by molar-refractivity contribution is -0.124. The van der Waals surface area contributed by atoms with Crippen LogP contribution in [0.15, 0.2) is 48.5 Å². The first-order chi connectivity index (χ1) is 13.9. The molecule has 5 nitrogen and oxygen atoms in total. The molecule has 6 heteroatoms. The van der Waals surface area contributed by atoms with Crippen LogP contribution in [0.5, 0.6) is 5.75 Å². The fourth-order valence-corrected chi connectivity index (χ4v) is 2.78. The van der Waals surface area contributed by atoms with Gasteiger partial charge in [-0.15, -0.1) is 0 Å². The number of carbonyl (C=O) groups is 2. The monoisotopic (exact) mass is 400 g/mol. The number of amides is 2. The average Bonchev–Trinajstić information content (AvgIpc) is 2.70. The van der Waals surface area contributed by atoms with E-state index in [1.54, 1.807) is 6.07 Å². The van der Waals surface area contributed by atoms with E-state index in [4.69, 9.17) is 4.74 Å². The van der Waals surface area contributed by atoms with Gasteiger partial charge in [0.25, 0.3) is 5.91 Å². The van der Waals surface area contributed by atoms with E-state index in [2.05, 4.69) is 17.6 Å². The highest BCUT2D eigenvalue weighted by Crippen LogP contribution is 2.14. The van der Waals surface area contributed by atoms with E-state index in [0.29, 0.717) is 13.2 Å². The molecule has 0 aromatic heterocycles. The number of halogens is 1. The van der Waals surface area contributed by atoms with Crippen LogP contribution in [0, 0.1) is 11.7 Å². The first-order valence-corrected chi connectivity index (χ1v) is 9.97. The Morgan fingerprint density at radius 2 is 1.86 bits per heavy atom. The van der Waals surface area contributed by atoms with Crippen molar-refractivity contribution < 1.29 is 18.7 Å². The van der Waals surface area contributed by atoms with Gasteiger partial charge in [0.2, 0.25) is 5.91 Å². The number of unbranched alkanes of at least 4 members (excludes halogenated alkanes) is 1. The number of nitrogens with one attached hydrogen (secondary N) is 2. The fraction of sp³-hybridized carbons (Fsp3) is 0.391. The number of hydrogen-bond acceptors (Lipinski definition) is 3. The zero-order valence-corrected chi connectivity index (χ0v) is 17.2. The number of benzene rings is 2. The molecule has 0 spiro atoms. The average molecular weight is 400 g/mol. The molecule has 0 aliphatic rings. The Bertz CT molecular complexity index is 823. The Balaban J connectivity index is 1.97. The third-order valence-electron chi connectivity index (χ3n) is 4.49. The van der Waals surface area contributed by atoms with Gasteiger partial charge in [-0.3, -0.25) is 9.59 Å². The van der Waals surface area contributed by atoms with Crippen LogP contribution >= 0.6 is 0 Å². The van der Waals surface area contributed by atoms with Crippen LogP contribution in [0.3, 0.4) is 0 Å². The largest absolute Gasteiger partial charge is 0.494 e. The lowest BCUT2D eigenvalue weighted by Gasteiger charge is -2.22. The van der Waals surface area contributed by atoms with E-state index in [1.807, 2.05) is 38.1 Å². The summed E-state index contributed by atoms with van der Waals surface area (Å²) in [4.78, 5) is 25.0. The van der Waals surface area contributed by atoms with Gasteiger partial charge in [-0.1, -0.05) is 51.5 Å². The molecule has 1 atom stereocenters. The zero-order valence-electron chi connectivity index (χ0n) is 17.2. The predicted octanol–water partition coefficient (Wildman–Crippen LogP) is 4.08. The highest BCUT2D eigenvalue weighted by molar-refractivity contribution is 5.97. The summed E-state index contributed by atoms with van der Waals surface area (Å²) in [6.07, 6.45) is 2.05. The van der Waals surface area contributed by atoms with Crippen LogP contribution in [0.25, 0.3) is 0 Å². The lowest BCUT2D eigenvalue weighted by atomic mass is 10.0. The van der Waals surface area contributed by atoms with Crippen molar-refractivity contribution in [2.24, 2.45) is 5.92 Å². The number of ether oxygens (including phenoxy) is 1. The summed E-state index contributed by atoms with van der Waals surface area (Å²) in [6.45, 7) is 6.72. The number of carbonyl (C=O) groups excluding carboxylic acids is 2. The minimum atomic E-state index is -0.772. The van der Waals surface area contributed by atoms with Gasteiger partial charge in [-0.25, -0.2) is 4.39 Å². The Morgan fingerprint density at radius 1 is 1.10 bits per heavy atom. The molecule has 0 saturated carbocycles. The van der Waals surface area contributed by atoms with Gasteiger partial charge in [0.1, 0.15) is 17.6 Å². The highest BCUT2D eigenvalue weighted by Gasteiger charge is 2.25. The molecule has 156 valence electrons. The first-order valence-electron chi connectivity index (χ1n) is 9.97. The summed E-state index contributed by atoms with van der Waals surface area (Å²) in [5.41, 5.74) is 0.818. The molecule has 0 aliphatic heterocycles. The molecule has 29 heavy (non-hydrogen) atoms. The third kappa shape index (κ3) is 6.89. The van der Waals surface area contributed by atoms with Crippen LogP contribution in [-0.4, -0.2) is 24.5 Å². The Kier molecular flexibility index (Phi) is 8.65. The molecule has 0 radical (unpaired) electrons. The van der Waals surface area contributed by atoms with Gasteiger partial charge in [0.15, 0.2) is 0 Å². The minimum absolute atomic E-state index is 0.0807. The van der Waals surface area contributed by atoms with Crippen molar-refractivity contribution in [2.45, 2.75) is 46.2 Å². The topological polar surface area (TPSA) is 67.4 Å². The van der Waals surface area contributed by atoms with Gasteiger partial charge in [0.05, 0.1) is 12.2 Å². The second-order valence-electron chi connectivity index (χ2n) is 7.24. The highest BCUT2D eigenvalue weighted by atomic mass is 19.1. The molecule has 0 heterocycles. The summed E-state index contributed by atoms with van der Waals surface area (Å²) in [5.74, 6) is -0.939. The van der Waals surface area contributed by atoms with E-state index >= 15 is 0 Å². The summed E-state index contributed by atoms with van der Waals surface area (Å²) < 4.78 is 19.5. The molecular weight excluding hydrogens is 371 g/mol. The van der Waals surface area contributed by atoms with Gasteiger partial charge in [-0.2, -0.15) is 0 Å². The lowest BCUT2D eigenvalue weighted by Crippen LogP contribution is -2.49. The fourth-order valence-electron chi connectivity index (χ4n) is 2.78. The predicted molar refractivity (Wildman–Crippen MR) is 111 cm³/mol. The second kappa shape index (κ2) is 11.2. The Hall–Kier alpha value is -2.89. The van der Waals surface area contributed by atoms with Gasteiger partial charge in [0, 0.05) is 6.54 Å². The minimum Gasteiger partial charge on any atom is -0.494 e. The van der Waals surface area contributed by atoms with Crippen LogP contribution in [0.1, 0.15) is 49.5 Å². The van der Waals surface area contributed by atoms with Gasteiger partial charge < -0.3 is 15.4 Å². The normalized spacial score (nSPS) is 11.8. The van der Waals surface area contributed by atoms with Crippen LogP contribution < -0.4 is 15.4 Å². The molecule has 2 aromatic carbocycles. The van der Waals surface area contributed by atoms with Gasteiger partial charge >= 0.3 is 0 Å². The molecule has 0 aliphatic carbocycles. The maximum absolute atomic E-state index is 13.8. The molecule has 2 aromatic rings. The van der Waals surface area contributed by atoms with E-state index in [0.717, 1.165) is 24.2 Å². The molecular formula is C23H29FN2O3. The summed E-state index contributed by atoms with van der Waals surface area (Å²) in [5, 5.41) is 5.48. The van der Waals surface area contributed by atoms with Crippen LogP contribution in [0.2, 0.25) is 0 Å². The van der Waals surface area contributed by atoms with Crippen molar-refractivity contribution in [1.29, 1.82) is 0 Å². The van der Waals surface area contributed by atoms with E-state index < -0.39 is 17.8 Å². The first kappa shape index (κ1) is 22.4. The van der Waals surface area contributed by atoms with E-state index in [1.165, 1.54) is 18.2 Å². The number of rotatable bonds is 10. The smallest absolute Gasteiger partial charge is 0.254 e. The second-order valence-corrected chi connectivity index (χ2v) is 7.24. The zero-order chi connectivity index (χ0) is 21.2. The van der Waals surface area contributed by atoms with E-state index in [-0.39, 0.29) is 17.4 Å². The molecule has 0 fully saturated rings. The van der Waals surface area contributed by atoms with E-state index in [9.17, 15) is 14.0 Å². The van der Waals surface area contributed by atoms with Crippen molar-refractivity contribution >= 4 is 11.8 Å². The molecule has 0 bridgehead atoms. The maximum atomic E-state index is 13.8. The number of hydrogen-bond donors (Lipinski definition) is 2. The Morgan fingerprint density at radius 3 is 2.55 bits per heavy atom. The quantitative estimate of drug-likeness (QED) is 0.591. The summed E-state index contributed by atoms with van der Waals surface area (Å²) >= 11 is 0. The van der Waals surface area contributed by atoms with Crippen LogP contribution in [-0.2, 0) is 11.3 Å². The van der Waals surface area contributed by atoms with Crippen molar-refractivity contribution in [3.63, 3.8) is 0 Å². The SMILES string of the molecule is CCCCOc1cccc(CNC(=O)C(NC(=O)c2ccccc2F)C(C)C)c1. The third-order valence-corrected chi connectivity index (χ3v) is 4.49. The summed E-state index contributed by atoms with van der Waals surface area (Å²) in [7, 11) is 0. The summed E-state index contributed by atoms with van der Waals surface area (Å²) in [6, 6.07) is 12.5. The van der Waals surface area contributed by atoms with Crippen molar-refractivity contribution in [3.05, 3.63) is 65.5 Å².